The number of carbonyl (C=O) groups is 1. The Morgan fingerprint density at radius 3 is 2.64 bits per heavy atom. The quantitative estimate of drug-likeness (QED) is 0.502. The number of ether oxygens (including phenoxy) is 1. The minimum absolute atomic E-state index is 0.00891. The molecule has 0 heterocycles. The Labute approximate surface area is 166 Å². The molecule has 0 atom stereocenters. The lowest BCUT2D eigenvalue weighted by Crippen LogP contribution is -2.37. The summed E-state index contributed by atoms with van der Waals surface area (Å²) in [6, 6.07) is 12.7. The second-order valence-electron chi connectivity index (χ2n) is 6.50. The summed E-state index contributed by atoms with van der Waals surface area (Å²) in [6.45, 7) is 1.07. The van der Waals surface area contributed by atoms with E-state index in [1.54, 1.807) is 51.4 Å². The number of amides is 1. The molecule has 2 aromatic rings. The molecule has 0 aliphatic heterocycles. The third kappa shape index (κ3) is 5.90. The number of carbonyl (C=O) groups excluding carboxylic acids is 1. The molecule has 0 bridgehead atoms. The highest BCUT2D eigenvalue weighted by molar-refractivity contribution is 5.94. The molecule has 28 heavy (non-hydrogen) atoms. The number of nitrogens with zero attached hydrogens (tertiary/aromatic N) is 2. The van der Waals surface area contributed by atoms with Crippen molar-refractivity contribution in [2.24, 2.45) is 4.99 Å². The minimum Gasteiger partial charge on any atom is -0.508 e. The third-order valence-corrected chi connectivity index (χ3v) is 4.24. The first-order chi connectivity index (χ1) is 13.4. The van der Waals surface area contributed by atoms with Gasteiger partial charge in [0.25, 0.3) is 5.91 Å². The van der Waals surface area contributed by atoms with E-state index in [0.29, 0.717) is 30.4 Å². The van der Waals surface area contributed by atoms with Crippen LogP contribution in [-0.4, -0.2) is 56.7 Å². The number of phenolic OH excluding ortho intramolecular Hbond substituents is 1. The largest absolute Gasteiger partial charge is 0.508 e. The van der Waals surface area contributed by atoms with Crippen molar-refractivity contribution in [3.63, 3.8) is 0 Å². The number of methoxy groups -OCH3 is 1. The molecule has 0 aliphatic carbocycles. The average Bonchev–Trinajstić information content (AvgIpc) is 2.71. The van der Waals surface area contributed by atoms with Crippen LogP contribution in [0.2, 0.25) is 0 Å². The summed E-state index contributed by atoms with van der Waals surface area (Å²) in [5.74, 6) is 1.50. The first kappa shape index (κ1) is 21.1. The maximum Gasteiger partial charge on any atom is 0.253 e. The van der Waals surface area contributed by atoms with Crippen LogP contribution >= 0.6 is 0 Å². The van der Waals surface area contributed by atoms with E-state index in [9.17, 15) is 9.90 Å². The predicted octanol–water partition coefficient (Wildman–Crippen LogP) is 2.01. The van der Waals surface area contributed by atoms with Crippen LogP contribution in [0.3, 0.4) is 0 Å². The van der Waals surface area contributed by atoms with Gasteiger partial charge in [0, 0.05) is 45.4 Å². The fourth-order valence-corrected chi connectivity index (χ4v) is 2.67. The molecule has 0 fully saturated rings. The van der Waals surface area contributed by atoms with Crippen LogP contribution in [-0.2, 0) is 13.0 Å². The van der Waals surface area contributed by atoms with E-state index in [0.717, 1.165) is 17.5 Å². The van der Waals surface area contributed by atoms with E-state index in [-0.39, 0.29) is 11.7 Å². The van der Waals surface area contributed by atoms with Gasteiger partial charge < -0.3 is 25.4 Å². The van der Waals surface area contributed by atoms with Crippen molar-refractivity contribution in [3.8, 4) is 11.5 Å². The SMILES string of the molecule is CN=C(NCCc1cccc(C(=O)N(C)C)c1)NCc1cc(OC)ccc1O. The van der Waals surface area contributed by atoms with E-state index >= 15 is 0 Å². The number of benzene rings is 2. The van der Waals surface area contributed by atoms with Crippen molar-refractivity contribution in [2.45, 2.75) is 13.0 Å². The number of aliphatic imine (C=N–C) groups is 1. The summed E-state index contributed by atoms with van der Waals surface area (Å²) in [6.07, 6.45) is 0.750. The first-order valence-corrected chi connectivity index (χ1v) is 9.05. The number of hydrogen-bond donors (Lipinski definition) is 3. The number of hydrogen-bond acceptors (Lipinski definition) is 4. The summed E-state index contributed by atoms with van der Waals surface area (Å²) in [5, 5.41) is 16.4. The van der Waals surface area contributed by atoms with Crippen LogP contribution in [0.4, 0.5) is 0 Å². The van der Waals surface area contributed by atoms with Crippen LogP contribution in [0, 0.1) is 0 Å². The molecule has 0 aromatic heterocycles. The zero-order valence-electron chi connectivity index (χ0n) is 16.8. The van der Waals surface area contributed by atoms with Gasteiger partial charge in [0.15, 0.2) is 5.96 Å². The molecule has 0 saturated carbocycles. The number of phenols is 1. The molecule has 0 spiro atoms. The maximum atomic E-state index is 12.1. The molecule has 0 radical (unpaired) electrons. The van der Waals surface area contributed by atoms with Gasteiger partial charge in [-0.15, -0.1) is 0 Å². The number of aromatic hydroxyl groups is 1. The lowest BCUT2D eigenvalue weighted by atomic mass is 10.1. The normalized spacial score (nSPS) is 11.1. The highest BCUT2D eigenvalue weighted by Crippen LogP contribution is 2.22. The second-order valence-corrected chi connectivity index (χ2v) is 6.50. The molecule has 2 aromatic carbocycles. The van der Waals surface area contributed by atoms with Gasteiger partial charge in [-0.2, -0.15) is 0 Å². The highest BCUT2D eigenvalue weighted by Gasteiger charge is 2.08. The Balaban J connectivity index is 1.88. The van der Waals surface area contributed by atoms with E-state index in [1.165, 1.54) is 0 Å². The smallest absolute Gasteiger partial charge is 0.253 e. The molecule has 7 nitrogen and oxygen atoms in total. The van der Waals surface area contributed by atoms with E-state index in [4.69, 9.17) is 4.74 Å². The molecule has 2 rings (SSSR count). The van der Waals surface area contributed by atoms with Gasteiger partial charge in [-0.25, -0.2) is 0 Å². The van der Waals surface area contributed by atoms with Crippen LogP contribution in [0.25, 0.3) is 0 Å². The molecule has 150 valence electrons. The molecule has 1 amide bonds. The Morgan fingerprint density at radius 1 is 1.18 bits per heavy atom. The predicted molar refractivity (Wildman–Crippen MR) is 111 cm³/mol. The zero-order chi connectivity index (χ0) is 20.5. The highest BCUT2D eigenvalue weighted by atomic mass is 16.5. The zero-order valence-corrected chi connectivity index (χ0v) is 16.8. The van der Waals surface area contributed by atoms with Crippen LogP contribution in [0.1, 0.15) is 21.5 Å². The van der Waals surface area contributed by atoms with Crippen molar-refractivity contribution in [2.75, 3.05) is 34.8 Å². The van der Waals surface area contributed by atoms with E-state index < -0.39 is 0 Å². The van der Waals surface area contributed by atoms with Crippen molar-refractivity contribution < 1.29 is 14.6 Å². The third-order valence-electron chi connectivity index (χ3n) is 4.24. The van der Waals surface area contributed by atoms with E-state index in [1.807, 2.05) is 24.3 Å². The standard InChI is InChI=1S/C21H28N4O3/c1-22-21(24-14-17-13-18(28-4)8-9-19(17)26)23-11-10-15-6-5-7-16(12-15)20(27)25(2)3/h5-9,12-13,26H,10-11,14H2,1-4H3,(H2,22,23,24). The number of rotatable bonds is 7. The lowest BCUT2D eigenvalue weighted by Gasteiger charge is -2.14. The van der Waals surface area contributed by atoms with Gasteiger partial charge in [-0.3, -0.25) is 9.79 Å². The Hall–Kier alpha value is -3.22. The fourth-order valence-electron chi connectivity index (χ4n) is 2.67. The van der Waals surface area contributed by atoms with Crippen molar-refractivity contribution in [1.29, 1.82) is 0 Å². The van der Waals surface area contributed by atoms with Crippen LogP contribution in [0.5, 0.6) is 11.5 Å². The maximum absolute atomic E-state index is 12.1. The van der Waals surface area contributed by atoms with Gasteiger partial charge >= 0.3 is 0 Å². The molecular weight excluding hydrogens is 356 g/mol. The second kappa shape index (κ2) is 10.2. The number of guanidine groups is 1. The van der Waals surface area contributed by atoms with Gasteiger partial charge in [0.05, 0.1) is 7.11 Å². The average molecular weight is 384 g/mol. The molecular formula is C21H28N4O3. The Kier molecular flexibility index (Phi) is 7.68. The monoisotopic (exact) mass is 384 g/mol. The Bertz CT molecular complexity index is 834. The van der Waals surface area contributed by atoms with Gasteiger partial charge in [-0.05, 0) is 42.3 Å². The molecule has 3 N–H and O–H groups in total. The topological polar surface area (TPSA) is 86.2 Å². The van der Waals surface area contributed by atoms with Crippen LogP contribution in [0.15, 0.2) is 47.5 Å². The molecule has 0 aliphatic rings. The minimum atomic E-state index is -0.00891. The summed E-state index contributed by atoms with van der Waals surface area (Å²) in [5.41, 5.74) is 2.47. The van der Waals surface area contributed by atoms with Gasteiger partial charge in [0.2, 0.25) is 0 Å². The van der Waals surface area contributed by atoms with Crippen molar-refractivity contribution >= 4 is 11.9 Å². The lowest BCUT2D eigenvalue weighted by molar-refractivity contribution is 0.0827. The van der Waals surface area contributed by atoms with Crippen molar-refractivity contribution in [1.82, 2.24) is 15.5 Å². The fraction of sp³-hybridized carbons (Fsp3) is 0.333. The summed E-state index contributed by atoms with van der Waals surface area (Å²) in [4.78, 5) is 17.8. The number of nitrogens with one attached hydrogen (secondary N) is 2. The van der Waals surface area contributed by atoms with Gasteiger partial charge in [0.1, 0.15) is 11.5 Å². The summed E-state index contributed by atoms with van der Waals surface area (Å²) >= 11 is 0. The summed E-state index contributed by atoms with van der Waals surface area (Å²) < 4.78 is 5.19. The first-order valence-electron chi connectivity index (χ1n) is 9.05. The molecule has 0 saturated heterocycles. The van der Waals surface area contributed by atoms with E-state index in [2.05, 4.69) is 15.6 Å². The van der Waals surface area contributed by atoms with Crippen molar-refractivity contribution in [3.05, 3.63) is 59.2 Å². The molecule has 0 unspecified atom stereocenters. The molecule has 7 heteroatoms. The Morgan fingerprint density at radius 2 is 1.96 bits per heavy atom. The van der Waals surface area contributed by atoms with Crippen LogP contribution < -0.4 is 15.4 Å². The summed E-state index contributed by atoms with van der Waals surface area (Å²) in [7, 11) is 6.76. The van der Waals surface area contributed by atoms with Gasteiger partial charge in [-0.1, -0.05) is 12.1 Å².